The number of benzene rings is 1. The fourth-order valence-electron chi connectivity index (χ4n) is 1.24. The van der Waals surface area contributed by atoms with Crippen LogP contribution in [0.3, 0.4) is 0 Å². The molecule has 0 aliphatic heterocycles. The summed E-state index contributed by atoms with van der Waals surface area (Å²) in [6.07, 6.45) is 1.02. The van der Waals surface area contributed by atoms with Gasteiger partial charge in [0.15, 0.2) is 0 Å². The predicted molar refractivity (Wildman–Crippen MR) is 71.3 cm³/mol. The third-order valence-electron chi connectivity index (χ3n) is 2.06. The fraction of sp³-hybridized carbons (Fsp3) is 0. The second-order valence-electron chi connectivity index (χ2n) is 3.32. The van der Waals surface area contributed by atoms with Crippen molar-refractivity contribution in [3.63, 3.8) is 0 Å². The molecule has 17 heavy (non-hydrogen) atoms. The summed E-state index contributed by atoms with van der Waals surface area (Å²) < 4.78 is 13.7. The molecule has 0 aliphatic rings. The van der Waals surface area contributed by atoms with Crippen LogP contribution in [-0.4, -0.2) is 10.9 Å². The van der Waals surface area contributed by atoms with E-state index in [9.17, 15) is 9.18 Å². The molecule has 1 N–H and O–H groups in total. The minimum atomic E-state index is -0.462. The molecule has 0 saturated carbocycles. The van der Waals surface area contributed by atoms with E-state index in [2.05, 4.69) is 32.9 Å². The first-order chi connectivity index (χ1) is 8.15. The first kappa shape index (κ1) is 12.0. The molecule has 0 saturated heterocycles. The van der Waals surface area contributed by atoms with Gasteiger partial charge in [-0.1, -0.05) is 0 Å². The summed E-state index contributed by atoms with van der Waals surface area (Å²) in [5.74, 6) is -0.818. The highest BCUT2D eigenvalue weighted by Gasteiger charge is 2.07. The summed E-state index contributed by atoms with van der Waals surface area (Å²) in [6, 6.07) is 9.90. The van der Waals surface area contributed by atoms with Gasteiger partial charge < -0.3 is 5.32 Å². The Bertz CT molecular complexity index is 525. The highest BCUT2D eigenvalue weighted by Crippen LogP contribution is 2.12. The molecular formula is C12H8FIN2O. The number of aromatic nitrogens is 1. The Morgan fingerprint density at radius 2 is 1.88 bits per heavy atom. The number of hydrogen-bond donors (Lipinski definition) is 1. The Balaban J connectivity index is 2.11. The highest BCUT2D eigenvalue weighted by atomic mass is 127. The van der Waals surface area contributed by atoms with Crippen LogP contribution in [0.25, 0.3) is 0 Å². The summed E-state index contributed by atoms with van der Waals surface area (Å²) in [7, 11) is 0. The van der Waals surface area contributed by atoms with E-state index in [1.807, 2.05) is 12.1 Å². The van der Waals surface area contributed by atoms with E-state index in [1.54, 1.807) is 12.1 Å². The number of carbonyl (C=O) groups excluding carboxylic acids is 1. The monoisotopic (exact) mass is 342 g/mol. The van der Waals surface area contributed by atoms with Crippen LogP contribution in [0.5, 0.6) is 0 Å². The van der Waals surface area contributed by atoms with E-state index in [4.69, 9.17) is 0 Å². The molecule has 0 atom stereocenters. The number of halogens is 2. The number of rotatable bonds is 2. The molecule has 3 nitrogen and oxygen atoms in total. The number of hydrogen-bond acceptors (Lipinski definition) is 2. The van der Waals surface area contributed by atoms with Gasteiger partial charge in [-0.15, -0.1) is 0 Å². The van der Waals surface area contributed by atoms with E-state index in [-0.39, 0.29) is 11.6 Å². The maximum absolute atomic E-state index is 12.6. The van der Waals surface area contributed by atoms with Crippen LogP contribution >= 0.6 is 22.6 Å². The van der Waals surface area contributed by atoms with E-state index in [0.29, 0.717) is 5.69 Å². The molecule has 2 aromatic rings. The summed E-state index contributed by atoms with van der Waals surface area (Å²) >= 11 is 2.18. The van der Waals surface area contributed by atoms with Crippen LogP contribution in [0, 0.1) is 9.39 Å². The van der Waals surface area contributed by atoms with Crippen LogP contribution in [0.4, 0.5) is 10.1 Å². The van der Waals surface area contributed by atoms with Crippen molar-refractivity contribution in [2.24, 2.45) is 0 Å². The zero-order chi connectivity index (χ0) is 12.3. The van der Waals surface area contributed by atoms with Crippen molar-refractivity contribution in [3.8, 4) is 0 Å². The Hall–Kier alpha value is -1.50. The quantitative estimate of drug-likeness (QED) is 0.853. The molecule has 0 fully saturated rings. The lowest BCUT2D eigenvalue weighted by Gasteiger charge is -2.04. The van der Waals surface area contributed by atoms with Gasteiger partial charge in [0.05, 0.1) is 6.20 Å². The zero-order valence-electron chi connectivity index (χ0n) is 8.65. The topological polar surface area (TPSA) is 42.0 Å². The molecule has 1 amide bonds. The molecule has 86 valence electrons. The normalized spacial score (nSPS) is 10.0. The minimum absolute atomic E-state index is 0.185. The van der Waals surface area contributed by atoms with Gasteiger partial charge in [-0.3, -0.25) is 4.79 Å². The average Bonchev–Trinajstić information content (AvgIpc) is 2.33. The first-order valence-corrected chi connectivity index (χ1v) is 5.91. The lowest BCUT2D eigenvalue weighted by Crippen LogP contribution is -2.13. The molecular weight excluding hydrogens is 334 g/mol. The molecule has 0 unspecified atom stereocenters. The predicted octanol–water partition coefficient (Wildman–Crippen LogP) is 3.08. The number of pyridine rings is 1. The molecule has 1 aromatic carbocycles. The molecule has 0 aliphatic carbocycles. The van der Waals surface area contributed by atoms with Crippen molar-refractivity contribution in [2.75, 3.05) is 5.32 Å². The largest absolute Gasteiger partial charge is 0.321 e. The summed E-state index contributed by atoms with van der Waals surface area (Å²) in [5.41, 5.74) is 0.867. The Morgan fingerprint density at radius 3 is 2.47 bits per heavy atom. The van der Waals surface area contributed by atoms with Gasteiger partial charge in [0.2, 0.25) is 0 Å². The Morgan fingerprint density at radius 1 is 1.18 bits per heavy atom. The van der Waals surface area contributed by atoms with Gasteiger partial charge in [0.1, 0.15) is 11.5 Å². The van der Waals surface area contributed by atoms with E-state index >= 15 is 0 Å². The van der Waals surface area contributed by atoms with E-state index in [1.165, 1.54) is 12.1 Å². The maximum atomic E-state index is 12.6. The minimum Gasteiger partial charge on any atom is -0.321 e. The second kappa shape index (κ2) is 5.22. The lowest BCUT2D eigenvalue weighted by atomic mass is 10.3. The van der Waals surface area contributed by atoms with Crippen LogP contribution in [-0.2, 0) is 0 Å². The summed E-state index contributed by atoms with van der Waals surface area (Å²) in [4.78, 5) is 15.4. The molecule has 1 heterocycles. The number of nitrogens with one attached hydrogen (secondary N) is 1. The number of carbonyl (C=O) groups is 1. The summed E-state index contributed by atoms with van der Waals surface area (Å²) in [6.45, 7) is 0. The van der Waals surface area contributed by atoms with Gasteiger partial charge >= 0.3 is 0 Å². The van der Waals surface area contributed by atoms with Gasteiger partial charge in [0.25, 0.3) is 5.91 Å². The Labute approximate surface area is 111 Å². The SMILES string of the molecule is O=C(Nc1ccc(I)cc1)c1ccc(F)cn1. The average molecular weight is 342 g/mol. The van der Waals surface area contributed by atoms with Gasteiger partial charge in [0, 0.05) is 9.26 Å². The zero-order valence-corrected chi connectivity index (χ0v) is 10.8. The standard InChI is InChI=1S/C12H8FIN2O/c13-8-1-6-11(15-7-8)12(17)16-10-4-2-9(14)3-5-10/h1-7H,(H,16,17). The third-order valence-corrected chi connectivity index (χ3v) is 2.78. The molecule has 5 heteroatoms. The van der Waals surface area contributed by atoms with Crippen molar-refractivity contribution in [1.82, 2.24) is 4.98 Å². The number of nitrogens with zero attached hydrogens (tertiary/aromatic N) is 1. The van der Waals surface area contributed by atoms with Crippen LogP contribution in [0.1, 0.15) is 10.5 Å². The molecule has 0 spiro atoms. The second-order valence-corrected chi connectivity index (χ2v) is 4.57. The van der Waals surface area contributed by atoms with Crippen LogP contribution < -0.4 is 5.32 Å². The van der Waals surface area contributed by atoms with Crippen LogP contribution in [0.15, 0.2) is 42.6 Å². The van der Waals surface area contributed by atoms with Crippen LogP contribution in [0.2, 0.25) is 0 Å². The van der Waals surface area contributed by atoms with Crippen molar-refractivity contribution in [3.05, 3.63) is 57.7 Å². The summed E-state index contributed by atoms with van der Waals surface area (Å²) in [5, 5.41) is 2.68. The van der Waals surface area contributed by atoms with Crippen molar-refractivity contribution in [2.45, 2.75) is 0 Å². The Kier molecular flexibility index (Phi) is 3.68. The van der Waals surface area contributed by atoms with E-state index < -0.39 is 5.82 Å². The maximum Gasteiger partial charge on any atom is 0.274 e. The molecule has 2 rings (SSSR count). The van der Waals surface area contributed by atoms with Gasteiger partial charge in [-0.05, 0) is 59.0 Å². The molecule has 0 bridgehead atoms. The third kappa shape index (κ3) is 3.23. The van der Waals surface area contributed by atoms with Crippen molar-refractivity contribution >= 4 is 34.2 Å². The number of amides is 1. The fourth-order valence-corrected chi connectivity index (χ4v) is 1.60. The first-order valence-electron chi connectivity index (χ1n) is 4.83. The smallest absolute Gasteiger partial charge is 0.274 e. The van der Waals surface area contributed by atoms with Gasteiger partial charge in [-0.25, -0.2) is 9.37 Å². The molecule has 1 aromatic heterocycles. The highest BCUT2D eigenvalue weighted by molar-refractivity contribution is 14.1. The van der Waals surface area contributed by atoms with Crippen molar-refractivity contribution in [1.29, 1.82) is 0 Å². The van der Waals surface area contributed by atoms with E-state index in [0.717, 1.165) is 9.77 Å². The van der Waals surface area contributed by atoms with Crippen molar-refractivity contribution < 1.29 is 9.18 Å². The van der Waals surface area contributed by atoms with Gasteiger partial charge in [-0.2, -0.15) is 0 Å². The number of anilines is 1. The molecule has 0 radical (unpaired) electrons. The lowest BCUT2D eigenvalue weighted by molar-refractivity contribution is 0.102.